The molecule has 0 heterocycles. The van der Waals surface area contributed by atoms with Gasteiger partial charge in [-0.1, -0.05) is 30.3 Å². The number of nitriles is 2. The highest BCUT2D eigenvalue weighted by Gasteiger charge is 2.07. The summed E-state index contributed by atoms with van der Waals surface area (Å²) >= 11 is 0. The predicted octanol–water partition coefficient (Wildman–Crippen LogP) is 3.62. The van der Waals surface area contributed by atoms with Crippen LogP contribution >= 0.6 is 0 Å². The molecule has 0 aliphatic carbocycles. The van der Waals surface area contributed by atoms with Crippen molar-refractivity contribution < 1.29 is 0 Å². The van der Waals surface area contributed by atoms with Gasteiger partial charge in [-0.05, 0) is 35.4 Å². The summed E-state index contributed by atoms with van der Waals surface area (Å²) in [5.74, 6) is 0. The van der Waals surface area contributed by atoms with Gasteiger partial charge in [0, 0.05) is 19.6 Å². The van der Waals surface area contributed by atoms with E-state index in [0.29, 0.717) is 11.1 Å². The molecule has 0 amide bonds. The van der Waals surface area contributed by atoms with E-state index in [0.717, 1.165) is 30.8 Å². The van der Waals surface area contributed by atoms with E-state index < -0.39 is 0 Å². The SMILES string of the molecule is C=CCN(Cc1cccc(C#N)c1)Cc1cccc(C#N)c1. The van der Waals surface area contributed by atoms with Crippen LogP contribution < -0.4 is 0 Å². The average molecular weight is 287 g/mol. The van der Waals surface area contributed by atoms with Crippen LogP contribution in [0.25, 0.3) is 0 Å². The summed E-state index contributed by atoms with van der Waals surface area (Å²) in [6, 6.07) is 19.6. The molecule has 0 unspecified atom stereocenters. The van der Waals surface area contributed by atoms with Gasteiger partial charge in [-0.2, -0.15) is 10.5 Å². The molecule has 0 bridgehead atoms. The zero-order valence-corrected chi connectivity index (χ0v) is 12.4. The lowest BCUT2D eigenvalue weighted by Gasteiger charge is -2.21. The summed E-state index contributed by atoms with van der Waals surface area (Å²) in [5, 5.41) is 18.0. The number of nitrogens with zero attached hydrogens (tertiary/aromatic N) is 3. The molecule has 0 aromatic heterocycles. The maximum absolute atomic E-state index is 8.98. The third kappa shape index (κ3) is 4.31. The van der Waals surface area contributed by atoms with Crippen LogP contribution in [-0.2, 0) is 13.1 Å². The summed E-state index contributed by atoms with van der Waals surface area (Å²) in [5.41, 5.74) is 3.53. The number of benzene rings is 2. The van der Waals surface area contributed by atoms with E-state index in [1.807, 2.05) is 42.5 Å². The van der Waals surface area contributed by atoms with Gasteiger partial charge in [0.05, 0.1) is 23.3 Å². The van der Waals surface area contributed by atoms with Crippen molar-refractivity contribution in [3.8, 4) is 12.1 Å². The standard InChI is InChI=1S/C19H17N3/c1-2-9-22(14-18-7-3-5-16(10-18)12-20)15-19-8-4-6-17(11-19)13-21/h2-8,10-11H,1,9,14-15H2. The van der Waals surface area contributed by atoms with Gasteiger partial charge in [-0.3, -0.25) is 4.90 Å². The first-order valence-corrected chi connectivity index (χ1v) is 7.06. The molecule has 0 aliphatic rings. The van der Waals surface area contributed by atoms with Crippen LogP contribution in [0.15, 0.2) is 61.2 Å². The smallest absolute Gasteiger partial charge is 0.0991 e. The molecule has 0 atom stereocenters. The normalized spacial score (nSPS) is 9.95. The minimum Gasteiger partial charge on any atom is -0.291 e. The summed E-state index contributed by atoms with van der Waals surface area (Å²) < 4.78 is 0. The van der Waals surface area contributed by atoms with Crippen molar-refractivity contribution in [3.05, 3.63) is 83.4 Å². The van der Waals surface area contributed by atoms with Crippen LogP contribution in [0, 0.1) is 22.7 Å². The molecule has 108 valence electrons. The Kier molecular flexibility index (Phi) is 5.49. The molecule has 0 aliphatic heterocycles. The predicted molar refractivity (Wildman–Crippen MR) is 86.6 cm³/mol. The molecule has 3 heteroatoms. The van der Waals surface area contributed by atoms with Gasteiger partial charge in [0.15, 0.2) is 0 Å². The van der Waals surface area contributed by atoms with Gasteiger partial charge >= 0.3 is 0 Å². The van der Waals surface area contributed by atoms with E-state index in [4.69, 9.17) is 10.5 Å². The molecule has 0 radical (unpaired) electrons. The van der Waals surface area contributed by atoms with E-state index in [1.165, 1.54) is 0 Å². The maximum Gasteiger partial charge on any atom is 0.0991 e. The molecule has 0 N–H and O–H groups in total. The van der Waals surface area contributed by atoms with Crippen LogP contribution in [0.1, 0.15) is 22.3 Å². The van der Waals surface area contributed by atoms with Crippen LogP contribution in [0.3, 0.4) is 0 Å². The summed E-state index contributed by atoms with van der Waals surface area (Å²) in [7, 11) is 0. The second-order valence-electron chi connectivity index (χ2n) is 5.08. The molecular weight excluding hydrogens is 270 g/mol. The fourth-order valence-corrected chi connectivity index (χ4v) is 2.36. The Morgan fingerprint density at radius 3 is 1.82 bits per heavy atom. The summed E-state index contributed by atoms with van der Waals surface area (Å²) in [4.78, 5) is 2.22. The van der Waals surface area contributed by atoms with E-state index >= 15 is 0 Å². The summed E-state index contributed by atoms with van der Waals surface area (Å²) in [6.45, 7) is 6.02. The van der Waals surface area contributed by atoms with Crippen LogP contribution in [0.5, 0.6) is 0 Å². The van der Waals surface area contributed by atoms with E-state index in [2.05, 4.69) is 23.6 Å². The fourth-order valence-electron chi connectivity index (χ4n) is 2.36. The molecule has 2 aromatic rings. The Hall–Kier alpha value is -2.88. The van der Waals surface area contributed by atoms with Crippen molar-refractivity contribution in [3.63, 3.8) is 0 Å². The van der Waals surface area contributed by atoms with E-state index in [1.54, 1.807) is 12.1 Å². The van der Waals surface area contributed by atoms with Gasteiger partial charge in [0.2, 0.25) is 0 Å². The summed E-state index contributed by atoms with van der Waals surface area (Å²) in [6.07, 6.45) is 1.86. The Morgan fingerprint density at radius 1 is 0.909 bits per heavy atom. The van der Waals surface area contributed by atoms with Gasteiger partial charge in [-0.15, -0.1) is 6.58 Å². The molecule has 3 nitrogen and oxygen atoms in total. The maximum atomic E-state index is 8.98. The molecule has 0 fully saturated rings. The quantitative estimate of drug-likeness (QED) is 0.762. The van der Waals surface area contributed by atoms with Crippen molar-refractivity contribution in [1.29, 1.82) is 10.5 Å². The first-order valence-electron chi connectivity index (χ1n) is 7.06. The third-order valence-corrected chi connectivity index (χ3v) is 3.31. The minimum atomic E-state index is 0.669. The zero-order chi connectivity index (χ0) is 15.8. The highest BCUT2D eigenvalue weighted by atomic mass is 15.1. The molecule has 22 heavy (non-hydrogen) atoms. The highest BCUT2D eigenvalue weighted by molar-refractivity contribution is 5.34. The molecular formula is C19H17N3. The molecule has 0 saturated carbocycles. The van der Waals surface area contributed by atoms with Crippen molar-refractivity contribution in [2.24, 2.45) is 0 Å². The first kappa shape index (κ1) is 15.5. The fraction of sp³-hybridized carbons (Fsp3) is 0.158. The number of rotatable bonds is 6. The van der Waals surface area contributed by atoms with Gasteiger partial charge in [0.25, 0.3) is 0 Å². The third-order valence-electron chi connectivity index (χ3n) is 3.31. The van der Waals surface area contributed by atoms with Crippen molar-refractivity contribution in [2.45, 2.75) is 13.1 Å². The Balaban J connectivity index is 2.14. The lowest BCUT2D eigenvalue weighted by Crippen LogP contribution is -2.22. The highest BCUT2D eigenvalue weighted by Crippen LogP contribution is 2.12. The second kappa shape index (κ2) is 7.78. The number of hydrogen-bond donors (Lipinski definition) is 0. The van der Waals surface area contributed by atoms with Crippen LogP contribution in [0.2, 0.25) is 0 Å². The van der Waals surface area contributed by atoms with Crippen LogP contribution in [-0.4, -0.2) is 11.4 Å². The van der Waals surface area contributed by atoms with Crippen molar-refractivity contribution >= 4 is 0 Å². The van der Waals surface area contributed by atoms with Gasteiger partial charge < -0.3 is 0 Å². The largest absolute Gasteiger partial charge is 0.291 e. The van der Waals surface area contributed by atoms with Crippen LogP contribution in [0.4, 0.5) is 0 Å². The Labute approximate surface area is 131 Å². The number of hydrogen-bond acceptors (Lipinski definition) is 3. The first-order chi connectivity index (χ1) is 10.7. The monoisotopic (exact) mass is 287 g/mol. The lowest BCUT2D eigenvalue weighted by atomic mass is 10.1. The van der Waals surface area contributed by atoms with Gasteiger partial charge in [0.1, 0.15) is 0 Å². The zero-order valence-electron chi connectivity index (χ0n) is 12.4. The van der Waals surface area contributed by atoms with E-state index in [-0.39, 0.29) is 0 Å². The molecule has 0 saturated heterocycles. The topological polar surface area (TPSA) is 50.8 Å². The Morgan fingerprint density at radius 2 is 1.41 bits per heavy atom. The lowest BCUT2D eigenvalue weighted by molar-refractivity contribution is 0.286. The molecule has 2 aromatic carbocycles. The average Bonchev–Trinajstić information content (AvgIpc) is 2.55. The molecule has 0 spiro atoms. The molecule has 2 rings (SSSR count). The van der Waals surface area contributed by atoms with E-state index in [9.17, 15) is 0 Å². The van der Waals surface area contributed by atoms with Gasteiger partial charge in [-0.25, -0.2) is 0 Å². The Bertz CT molecular complexity index is 675. The second-order valence-corrected chi connectivity index (χ2v) is 5.08. The van der Waals surface area contributed by atoms with Crippen molar-refractivity contribution in [2.75, 3.05) is 6.54 Å². The minimum absolute atomic E-state index is 0.669. The van der Waals surface area contributed by atoms with Crippen molar-refractivity contribution in [1.82, 2.24) is 4.90 Å².